The second-order valence-electron chi connectivity index (χ2n) is 10.5. The number of fused-ring (bicyclic) bond motifs is 2. The number of hydrogen-bond donors (Lipinski definition) is 1. The van der Waals surface area contributed by atoms with E-state index in [1.54, 1.807) is 29.6 Å². The van der Waals surface area contributed by atoms with Crippen molar-refractivity contribution in [3.63, 3.8) is 0 Å². The molecule has 43 heavy (non-hydrogen) atoms. The van der Waals surface area contributed by atoms with Crippen LogP contribution in [-0.2, 0) is 23.0 Å². The first-order valence-electron chi connectivity index (χ1n) is 14.5. The van der Waals surface area contributed by atoms with Crippen LogP contribution in [-0.4, -0.2) is 52.0 Å². The molecule has 0 saturated heterocycles. The zero-order chi connectivity index (χ0) is 30.1. The maximum Gasteiger partial charge on any atom is 0.277 e. The van der Waals surface area contributed by atoms with Gasteiger partial charge in [-0.3, -0.25) is 4.79 Å². The van der Waals surface area contributed by atoms with Gasteiger partial charge in [0, 0.05) is 37.4 Å². The summed E-state index contributed by atoms with van der Waals surface area (Å²) in [5.74, 6) is 1.31. The number of nitrogens with one attached hydrogen (secondary N) is 1. The predicted molar refractivity (Wildman–Crippen MR) is 166 cm³/mol. The third-order valence-corrected chi connectivity index (χ3v) is 9.47. The van der Waals surface area contributed by atoms with E-state index < -0.39 is 10.0 Å². The van der Waals surface area contributed by atoms with E-state index in [1.807, 2.05) is 68.4 Å². The van der Waals surface area contributed by atoms with Crippen LogP contribution < -0.4 is 15.2 Å². The Morgan fingerprint density at radius 2 is 1.74 bits per heavy atom. The molecule has 5 aromatic rings. The van der Waals surface area contributed by atoms with E-state index in [0.717, 1.165) is 23.4 Å². The van der Waals surface area contributed by atoms with Gasteiger partial charge in [-0.15, -0.1) is 5.10 Å². The Morgan fingerprint density at radius 3 is 2.51 bits per heavy atom. The highest BCUT2D eigenvalue weighted by Gasteiger charge is 2.31. The lowest BCUT2D eigenvalue weighted by Crippen LogP contribution is -2.34. The fourth-order valence-corrected chi connectivity index (χ4v) is 7.05. The van der Waals surface area contributed by atoms with Gasteiger partial charge in [-0.1, -0.05) is 43.3 Å². The Kier molecular flexibility index (Phi) is 7.76. The fraction of sp³-hybridized carbons (Fsp3) is 0.281. The molecule has 1 aliphatic heterocycles. The molecule has 0 atom stereocenters. The molecule has 222 valence electrons. The van der Waals surface area contributed by atoms with Crippen molar-refractivity contribution >= 4 is 26.9 Å². The summed E-state index contributed by atoms with van der Waals surface area (Å²) in [5, 5.41) is 4.72. The summed E-state index contributed by atoms with van der Waals surface area (Å²) < 4.78 is 37.4. The number of imidazole rings is 1. The molecule has 11 heteroatoms. The van der Waals surface area contributed by atoms with Crippen molar-refractivity contribution in [2.45, 2.75) is 45.1 Å². The molecule has 0 bridgehead atoms. The third-order valence-electron chi connectivity index (χ3n) is 7.63. The average molecular weight is 599 g/mol. The summed E-state index contributed by atoms with van der Waals surface area (Å²) >= 11 is 0. The number of anilines is 2. The van der Waals surface area contributed by atoms with Gasteiger partial charge in [-0.05, 0) is 62.2 Å². The molecular weight excluding hydrogens is 564 g/mol. The minimum Gasteiger partial charge on any atom is -0.493 e. The van der Waals surface area contributed by atoms with Gasteiger partial charge >= 0.3 is 0 Å². The van der Waals surface area contributed by atoms with Crippen LogP contribution in [0.4, 0.5) is 11.4 Å². The number of sulfonamides is 1. The summed E-state index contributed by atoms with van der Waals surface area (Å²) in [5.41, 5.74) is 3.90. The number of hydrogen-bond acceptors (Lipinski definition) is 7. The van der Waals surface area contributed by atoms with E-state index in [2.05, 4.69) is 14.9 Å². The van der Waals surface area contributed by atoms with Crippen molar-refractivity contribution in [2.24, 2.45) is 0 Å². The van der Waals surface area contributed by atoms with Crippen LogP contribution in [0, 0.1) is 6.92 Å². The molecule has 0 saturated carbocycles. The molecule has 0 aliphatic carbocycles. The summed E-state index contributed by atoms with van der Waals surface area (Å²) in [6.45, 7) is 7.00. The highest BCUT2D eigenvalue weighted by atomic mass is 32.2. The van der Waals surface area contributed by atoms with Crippen molar-refractivity contribution in [2.75, 3.05) is 24.6 Å². The summed E-state index contributed by atoms with van der Waals surface area (Å²) in [6.07, 6.45) is 1.48. The van der Waals surface area contributed by atoms with Crippen LogP contribution in [0.1, 0.15) is 37.4 Å². The minimum absolute atomic E-state index is 0.0925. The van der Waals surface area contributed by atoms with E-state index in [4.69, 9.17) is 9.84 Å². The smallest absolute Gasteiger partial charge is 0.277 e. The van der Waals surface area contributed by atoms with Crippen molar-refractivity contribution < 1.29 is 13.2 Å². The van der Waals surface area contributed by atoms with Crippen LogP contribution in [0.5, 0.6) is 5.75 Å². The molecule has 2 aromatic heterocycles. The standard InChI is InChI=1S/C32H34N6O4S/c1-4-11-29-33-22(3)30-32(39)34-31(35-38(29)30)26-20-25(16-17-28(26)42-5-2)43(40,41)36-18-19-37(24-13-7-6-8-14-24)27-15-10-9-12-23(27)21-36/h6-10,12-17,20H,4-5,11,18-19,21H2,1-3H3,(H,34,35,39). The summed E-state index contributed by atoms with van der Waals surface area (Å²) in [6, 6.07) is 22.6. The Hall–Kier alpha value is -4.48. The van der Waals surface area contributed by atoms with Crippen LogP contribution >= 0.6 is 0 Å². The zero-order valence-corrected chi connectivity index (χ0v) is 25.3. The number of aryl methyl sites for hydroxylation is 2. The van der Waals surface area contributed by atoms with Crippen LogP contribution in [0.3, 0.4) is 0 Å². The van der Waals surface area contributed by atoms with Crippen LogP contribution in [0.25, 0.3) is 16.9 Å². The Balaban J connectivity index is 1.42. The maximum atomic E-state index is 14.2. The normalized spacial score (nSPS) is 14.1. The van der Waals surface area contributed by atoms with Gasteiger partial charge in [0.05, 0.1) is 22.8 Å². The Morgan fingerprint density at radius 1 is 0.977 bits per heavy atom. The van der Waals surface area contributed by atoms with E-state index in [-0.39, 0.29) is 29.4 Å². The van der Waals surface area contributed by atoms with Gasteiger partial charge in [0.2, 0.25) is 10.0 Å². The van der Waals surface area contributed by atoms with Gasteiger partial charge < -0.3 is 14.6 Å². The topological polar surface area (TPSA) is 113 Å². The Bertz CT molecular complexity index is 1950. The van der Waals surface area contributed by atoms with E-state index >= 15 is 0 Å². The molecule has 0 spiro atoms. The molecule has 0 radical (unpaired) electrons. The fourth-order valence-electron chi connectivity index (χ4n) is 5.62. The highest BCUT2D eigenvalue weighted by molar-refractivity contribution is 7.89. The van der Waals surface area contributed by atoms with Gasteiger partial charge in [-0.25, -0.2) is 17.9 Å². The van der Waals surface area contributed by atoms with Crippen molar-refractivity contribution in [3.05, 3.63) is 100 Å². The molecule has 6 rings (SSSR count). The summed E-state index contributed by atoms with van der Waals surface area (Å²) in [4.78, 5) is 22.8. The first-order valence-corrected chi connectivity index (χ1v) is 15.9. The first-order chi connectivity index (χ1) is 20.8. The molecule has 3 heterocycles. The van der Waals surface area contributed by atoms with Gasteiger partial charge in [0.1, 0.15) is 11.6 Å². The molecule has 0 amide bonds. The number of nitrogens with zero attached hydrogens (tertiary/aromatic N) is 5. The number of rotatable bonds is 8. The largest absolute Gasteiger partial charge is 0.493 e. The van der Waals surface area contributed by atoms with Gasteiger partial charge in [-0.2, -0.15) is 4.31 Å². The molecule has 0 unspecified atom stereocenters. The average Bonchev–Trinajstić information content (AvgIpc) is 3.19. The van der Waals surface area contributed by atoms with E-state index in [1.165, 1.54) is 4.31 Å². The number of aromatic nitrogens is 4. The first kappa shape index (κ1) is 28.6. The number of para-hydroxylation sites is 2. The third kappa shape index (κ3) is 5.30. The SMILES string of the molecule is CCCc1nc(C)c2c(=O)[nH]c(-c3cc(S(=O)(=O)N4CCN(c5ccccc5)c5ccccc5C4)ccc3OCC)nn12. The quantitative estimate of drug-likeness (QED) is 0.265. The lowest BCUT2D eigenvalue weighted by molar-refractivity contribution is 0.341. The second-order valence-corrected chi connectivity index (χ2v) is 12.4. The number of aromatic amines is 1. The highest BCUT2D eigenvalue weighted by Crippen LogP contribution is 2.35. The van der Waals surface area contributed by atoms with Gasteiger partial charge in [0.15, 0.2) is 11.3 Å². The predicted octanol–water partition coefficient (Wildman–Crippen LogP) is 5.09. The zero-order valence-electron chi connectivity index (χ0n) is 24.4. The van der Waals surface area contributed by atoms with E-state index in [0.29, 0.717) is 47.9 Å². The summed E-state index contributed by atoms with van der Waals surface area (Å²) in [7, 11) is -3.95. The lowest BCUT2D eigenvalue weighted by atomic mass is 10.1. The molecule has 1 aliphatic rings. The molecule has 3 aromatic carbocycles. The number of ether oxygens (including phenoxy) is 1. The van der Waals surface area contributed by atoms with Crippen molar-refractivity contribution in [1.29, 1.82) is 0 Å². The minimum atomic E-state index is -3.95. The monoisotopic (exact) mass is 598 g/mol. The molecule has 10 nitrogen and oxygen atoms in total. The molecule has 1 N–H and O–H groups in total. The molecular formula is C32H34N6O4S. The number of benzene rings is 3. The van der Waals surface area contributed by atoms with Crippen molar-refractivity contribution in [3.8, 4) is 17.1 Å². The van der Waals surface area contributed by atoms with E-state index in [9.17, 15) is 13.2 Å². The Labute approximate surface area is 250 Å². The lowest BCUT2D eigenvalue weighted by Gasteiger charge is -2.25. The second kappa shape index (κ2) is 11.7. The maximum absolute atomic E-state index is 14.2. The molecule has 0 fully saturated rings. The van der Waals surface area contributed by atoms with Gasteiger partial charge in [0.25, 0.3) is 5.56 Å². The van der Waals surface area contributed by atoms with Crippen LogP contribution in [0.15, 0.2) is 82.5 Å². The number of H-pyrrole nitrogens is 1. The van der Waals surface area contributed by atoms with Crippen molar-refractivity contribution in [1.82, 2.24) is 23.9 Å². The van der Waals surface area contributed by atoms with Crippen LogP contribution in [0.2, 0.25) is 0 Å².